The summed E-state index contributed by atoms with van der Waals surface area (Å²) < 4.78 is 5.82. The lowest BCUT2D eigenvalue weighted by Gasteiger charge is -2.10. The van der Waals surface area contributed by atoms with Gasteiger partial charge in [0.25, 0.3) is 0 Å². The lowest BCUT2D eigenvalue weighted by atomic mass is 10.2. The molecular weight excluding hydrogens is 288 g/mol. The maximum atomic E-state index is 5.92. The summed E-state index contributed by atoms with van der Waals surface area (Å²) >= 11 is 5.92. The normalized spacial score (nSPS) is 10.6. The van der Waals surface area contributed by atoms with Crippen molar-refractivity contribution in [1.82, 2.24) is 15.0 Å². The summed E-state index contributed by atoms with van der Waals surface area (Å²) in [5, 5.41) is 4.44. The molecule has 2 aromatic heterocycles. The zero-order valence-electron chi connectivity index (χ0n) is 11.4. The highest BCUT2D eigenvalue weighted by Gasteiger charge is 2.09. The quantitative estimate of drug-likeness (QED) is 0.792. The molecule has 0 aliphatic rings. The molecular formula is C15H13ClN4O. The van der Waals surface area contributed by atoms with Gasteiger partial charge in [-0.2, -0.15) is 4.98 Å². The maximum Gasteiger partial charge on any atom is 0.232 e. The molecule has 0 fully saturated rings. The van der Waals surface area contributed by atoms with E-state index in [0.717, 1.165) is 17.4 Å². The van der Waals surface area contributed by atoms with Crippen LogP contribution in [-0.4, -0.2) is 21.5 Å². The molecule has 0 aliphatic carbocycles. The molecule has 6 heteroatoms. The molecule has 106 valence electrons. The molecule has 0 unspecified atom stereocenters. The van der Waals surface area contributed by atoms with Gasteiger partial charge in [0.1, 0.15) is 5.75 Å². The van der Waals surface area contributed by atoms with Crippen LogP contribution in [0, 0.1) is 0 Å². The number of fused-ring (bicyclic) bond motifs is 1. The molecule has 0 saturated heterocycles. The van der Waals surface area contributed by atoms with Crippen LogP contribution in [0.1, 0.15) is 6.92 Å². The molecule has 0 spiro atoms. The standard InChI is InChI=1S/C15H13ClN4O/c1-2-18-15-19-13-6-4-3-5-12(13)14(20-15)21-11-7-10(16)8-17-9-11/h3-9H,2H2,1H3,(H,18,19,20). The van der Waals surface area contributed by atoms with E-state index in [9.17, 15) is 0 Å². The van der Waals surface area contributed by atoms with Crippen molar-refractivity contribution in [2.75, 3.05) is 11.9 Å². The fourth-order valence-electron chi connectivity index (χ4n) is 1.92. The second-order valence-corrected chi connectivity index (χ2v) is 4.78. The number of ether oxygens (including phenoxy) is 1. The summed E-state index contributed by atoms with van der Waals surface area (Å²) in [5.74, 6) is 1.54. The zero-order chi connectivity index (χ0) is 14.7. The van der Waals surface area contributed by atoms with E-state index in [-0.39, 0.29) is 0 Å². The van der Waals surface area contributed by atoms with Gasteiger partial charge in [0.2, 0.25) is 11.8 Å². The number of hydrogen-bond acceptors (Lipinski definition) is 5. The van der Waals surface area contributed by atoms with Crippen LogP contribution in [0.3, 0.4) is 0 Å². The first-order valence-electron chi connectivity index (χ1n) is 6.55. The molecule has 0 aliphatic heterocycles. The average Bonchev–Trinajstić information content (AvgIpc) is 2.48. The van der Waals surface area contributed by atoms with Crippen molar-refractivity contribution in [2.45, 2.75) is 6.92 Å². The SMILES string of the molecule is CCNc1nc(Oc2cncc(Cl)c2)c2ccccc2n1. The fraction of sp³-hybridized carbons (Fsp3) is 0.133. The van der Waals surface area contributed by atoms with Crippen LogP contribution < -0.4 is 10.1 Å². The lowest BCUT2D eigenvalue weighted by Crippen LogP contribution is -2.03. The van der Waals surface area contributed by atoms with Gasteiger partial charge in [0, 0.05) is 18.8 Å². The minimum atomic E-state index is 0.473. The monoisotopic (exact) mass is 300 g/mol. The first-order chi connectivity index (χ1) is 10.3. The van der Waals surface area contributed by atoms with E-state index < -0.39 is 0 Å². The zero-order valence-corrected chi connectivity index (χ0v) is 12.1. The van der Waals surface area contributed by atoms with Crippen molar-refractivity contribution in [1.29, 1.82) is 0 Å². The number of para-hydroxylation sites is 1. The van der Waals surface area contributed by atoms with E-state index in [1.165, 1.54) is 0 Å². The Morgan fingerprint density at radius 2 is 2.05 bits per heavy atom. The number of halogens is 1. The Morgan fingerprint density at radius 1 is 1.19 bits per heavy atom. The highest BCUT2D eigenvalue weighted by Crippen LogP contribution is 2.29. The Labute approximate surface area is 127 Å². The van der Waals surface area contributed by atoms with E-state index in [0.29, 0.717) is 22.6 Å². The number of nitrogens with one attached hydrogen (secondary N) is 1. The van der Waals surface area contributed by atoms with Gasteiger partial charge < -0.3 is 10.1 Å². The molecule has 0 bridgehead atoms. The van der Waals surface area contributed by atoms with Gasteiger partial charge in [0.05, 0.1) is 22.1 Å². The molecule has 0 atom stereocenters. The molecule has 3 rings (SSSR count). The van der Waals surface area contributed by atoms with Gasteiger partial charge in [-0.15, -0.1) is 0 Å². The number of anilines is 1. The average molecular weight is 301 g/mol. The van der Waals surface area contributed by atoms with Crippen molar-refractivity contribution in [3.8, 4) is 11.6 Å². The predicted molar refractivity (Wildman–Crippen MR) is 83.0 cm³/mol. The van der Waals surface area contributed by atoms with Crippen LogP contribution >= 0.6 is 11.6 Å². The summed E-state index contributed by atoms with van der Waals surface area (Å²) in [5.41, 5.74) is 0.813. The minimum absolute atomic E-state index is 0.473. The third kappa shape index (κ3) is 3.03. The van der Waals surface area contributed by atoms with Gasteiger partial charge >= 0.3 is 0 Å². The Balaban J connectivity index is 2.07. The van der Waals surface area contributed by atoms with E-state index in [1.54, 1.807) is 18.5 Å². The summed E-state index contributed by atoms with van der Waals surface area (Å²) in [6.45, 7) is 2.72. The Kier molecular flexibility index (Phi) is 3.83. The highest BCUT2D eigenvalue weighted by molar-refractivity contribution is 6.30. The lowest BCUT2D eigenvalue weighted by molar-refractivity contribution is 0.467. The van der Waals surface area contributed by atoms with Crippen LogP contribution in [0.15, 0.2) is 42.7 Å². The molecule has 5 nitrogen and oxygen atoms in total. The fourth-order valence-corrected chi connectivity index (χ4v) is 2.09. The number of nitrogens with zero attached hydrogens (tertiary/aromatic N) is 3. The van der Waals surface area contributed by atoms with Gasteiger partial charge in [0.15, 0.2) is 0 Å². The van der Waals surface area contributed by atoms with E-state index in [1.807, 2.05) is 31.2 Å². The number of benzene rings is 1. The molecule has 0 saturated carbocycles. The minimum Gasteiger partial charge on any atom is -0.437 e. The van der Waals surface area contributed by atoms with Crippen molar-refractivity contribution in [3.63, 3.8) is 0 Å². The second kappa shape index (κ2) is 5.93. The first-order valence-corrected chi connectivity index (χ1v) is 6.93. The van der Waals surface area contributed by atoms with Crippen LogP contribution in [0.5, 0.6) is 11.6 Å². The molecule has 1 aromatic carbocycles. The molecule has 2 heterocycles. The number of pyridine rings is 1. The number of hydrogen-bond donors (Lipinski definition) is 1. The van der Waals surface area contributed by atoms with Crippen molar-refractivity contribution in [2.24, 2.45) is 0 Å². The largest absolute Gasteiger partial charge is 0.437 e. The summed E-state index contributed by atoms with van der Waals surface area (Å²) in [6.07, 6.45) is 3.15. The summed E-state index contributed by atoms with van der Waals surface area (Å²) in [7, 11) is 0. The Morgan fingerprint density at radius 3 is 2.86 bits per heavy atom. The van der Waals surface area contributed by atoms with Crippen LogP contribution in [0.4, 0.5) is 5.95 Å². The molecule has 21 heavy (non-hydrogen) atoms. The molecule has 0 radical (unpaired) electrons. The van der Waals surface area contributed by atoms with E-state index in [4.69, 9.17) is 16.3 Å². The third-order valence-corrected chi connectivity index (χ3v) is 3.00. The van der Waals surface area contributed by atoms with Crippen molar-refractivity contribution < 1.29 is 4.74 Å². The van der Waals surface area contributed by atoms with Crippen LogP contribution in [0.2, 0.25) is 5.02 Å². The molecule has 0 amide bonds. The van der Waals surface area contributed by atoms with Gasteiger partial charge in [-0.05, 0) is 19.1 Å². The van der Waals surface area contributed by atoms with Gasteiger partial charge in [-0.3, -0.25) is 4.98 Å². The van der Waals surface area contributed by atoms with Crippen molar-refractivity contribution >= 4 is 28.5 Å². The second-order valence-electron chi connectivity index (χ2n) is 4.34. The van der Waals surface area contributed by atoms with Crippen molar-refractivity contribution in [3.05, 3.63) is 47.7 Å². The molecule has 1 N–H and O–H groups in total. The number of rotatable bonds is 4. The number of aromatic nitrogens is 3. The summed E-state index contributed by atoms with van der Waals surface area (Å²) in [4.78, 5) is 12.8. The first kappa shape index (κ1) is 13.6. The maximum absolute atomic E-state index is 5.92. The third-order valence-electron chi connectivity index (χ3n) is 2.80. The van der Waals surface area contributed by atoms with Gasteiger partial charge in [-0.1, -0.05) is 23.7 Å². The summed E-state index contributed by atoms with van der Waals surface area (Å²) in [6, 6.07) is 9.37. The van der Waals surface area contributed by atoms with E-state index >= 15 is 0 Å². The molecule has 3 aromatic rings. The Hall–Kier alpha value is -2.40. The predicted octanol–water partition coefficient (Wildman–Crippen LogP) is 3.90. The highest BCUT2D eigenvalue weighted by atomic mass is 35.5. The van der Waals surface area contributed by atoms with Gasteiger partial charge in [-0.25, -0.2) is 4.98 Å². The Bertz CT molecular complexity index is 778. The van der Waals surface area contributed by atoms with Crippen LogP contribution in [0.25, 0.3) is 10.9 Å². The van der Waals surface area contributed by atoms with Crippen LogP contribution in [-0.2, 0) is 0 Å². The van der Waals surface area contributed by atoms with E-state index in [2.05, 4.69) is 20.3 Å². The topological polar surface area (TPSA) is 59.9 Å². The smallest absolute Gasteiger partial charge is 0.232 e.